The zero-order valence-electron chi connectivity index (χ0n) is 8.27. The van der Waals surface area contributed by atoms with Crippen molar-refractivity contribution in [2.45, 2.75) is 5.32 Å². The molecule has 0 fully saturated rings. The zero-order chi connectivity index (χ0) is 11.5. The normalized spacial score (nSPS) is 14.1. The van der Waals surface area contributed by atoms with Gasteiger partial charge in [0.1, 0.15) is 0 Å². The predicted octanol–water partition coefficient (Wildman–Crippen LogP) is 1.60. The van der Waals surface area contributed by atoms with Gasteiger partial charge < -0.3 is 0 Å². The van der Waals surface area contributed by atoms with Crippen LogP contribution in [0.5, 0.6) is 0 Å². The maximum atomic E-state index is 11.9. The molecule has 4 heteroatoms. The van der Waals surface area contributed by atoms with Gasteiger partial charge in [-0.1, -0.05) is 0 Å². The number of allylic oxidation sites excluding steroid dienone is 2. The Morgan fingerprint density at radius 2 is 1.88 bits per heavy atom. The molecule has 0 saturated carbocycles. The summed E-state index contributed by atoms with van der Waals surface area (Å²) >= 11 is -0.270. The molecule has 0 aliphatic heterocycles. The van der Waals surface area contributed by atoms with Crippen molar-refractivity contribution >= 4 is 26.5 Å². The van der Waals surface area contributed by atoms with E-state index in [0.29, 0.717) is 22.0 Å². The van der Waals surface area contributed by atoms with E-state index in [4.69, 9.17) is 5.26 Å². The molecule has 1 aliphatic rings. The van der Waals surface area contributed by atoms with Gasteiger partial charge in [0, 0.05) is 0 Å². The van der Waals surface area contributed by atoms with Crippen molar-refractivity contribution in [1.82, 2.24) is 0 Å². The maximum absolute atomic E-state index is 11.9. The van der Waals surface area contributed by atoms with Gasteiger partial charge in [-0.15, -0.1) is 0 Å². The first-order valence-electron chi connectivity index (χ1n) is 4.63. The minimum absolute atomic E-state index is 0.118. The van der Waals surface area contributed by atoms with Crippen LogP contribution >= 0.6 is 0 Å². The summed E-state index contributed by atoms with van der Waals surface area (Å²) in [6.45, 7) is 0. The fourth-order valence-electron chi connectivity index (χ4n) is 1.59. The molecule has 0 heterocycles. The number of rotatable bonds is 2. The number of ketones is 2. The van der Waals surface area contributed by atoms with Gasteiger partial charge >= 0.3 is 98.7 Å². The Bertz CT molecular complexity index is 540. The molecule has 1 aliphatic carbocycles. The number of Topliss-reactive ketones (excluding diaryl/α,β-unsaturated/α-hetero) is 1. The van der Waals surface area contributed by atoms with Gasteiger partial charge in [-0.2, -0.15) is 0 Å². The van der Waals surface area contributed by atoms with Crippen molar-refractivity contribution in [3.63, 3.8) is 0 Å². The molecule has 0 aromatic heterocycles. The molecule has 3 nitrogen and oxygen atoms in total. The Kier molecular flexibility index (Phi) is 3.00. The SMILES string of the molecule is N#C[Se]CC1=CC(=O)c2ccccc2C1=O. The zero-order valence-corrected chi connectivity index (χ0v) is 9.98. The van der Waals surface area contributed by atoms with E-state index in [-0.39, 0.29) is 26.5 Å². The standard InChI is InChI=1S/C12H7NO2Se/c13-7-16-6-8-5-11(14)9-3-1-2-4-10(9)12(8)15/h1-5H,6H2. The monoisotopic (exact) mass is 277 g/mol. The molecule has 1 aromatic carbocycles. The van der Waals surface area contributed by atoms with Crippen LogP contribution in [0.4, 0.5) is 0 Å². The fourth-order valence-corrected chi connectivity index (χ4v) is 2.50. The summed E-state index contributed by atoms with van der Waals surface area (Å²) in [7, 11) is 0. The van der Waals surface area contributed by atoms with Crippen molar-refractivity contribution in [3.05, 3.63) is 47.0 Å². The molecule has 0 bridgehead atoms. The summed E-state index contributed by atoms with van der Waals surface area (Å²) in [6.07, 6.45) is 1.36. The Morgan fingerprint density at radius 1 is 1.19 bits per heavy atom. The molecule has 1 aromatic rings. The summed E-state index contributed by atoms with van der Waals surface area (Å²) in [5.41, 5.74) is 1.38. The molecule has 0 atom stereocenters. The molecular formula is C12H7NO2Se. The number of fused-ring (bicyclic) bond motifs is 1. The number of carbonyl (C=O) groups is 2. The predicted molar refractivity (Wildman–Crippen MR) is 59.4 cm³/mol. The van der Waals surface area contributed by atoms with Gasteiger partial charge in [-0.25, -0.2) is 0 Å². The Balaban J connectivity index is 2.40. The van der Waals surface area contributed by atoms with E-state index in [1.54, 1.807) is 24.3 Å². The molecular weight excluding hydrogens is 269 g/mol. The summed E-state index contributed by atoms with van der Waals surface area (Å²) in [4.78, 5) is 25.7. The van der Waals surface area contributed by atoms with E-state index in [2.05, 4.69) is 0 Å². The Labute approximate surface area is 98.9 Å². The van der Waals surface area contributed by atoms with Crippen LogP contribution in [0.1, 0.15) is 20.7 Å². The van der Waals surface area contributed by atoms with Crippen molar-refractivity contribution in [3.8, 4) is 4.97 Å². The van der Waals surface area contributed by atoms with Crippen LogP contribution in [-0.2, 0) is 0 Å². The number of carbonyl (C=O) groups excluding carboxylic acids is 2. The average molecular weight is 276 g/mol. The van der Waals surface area contributed by atoms with Gasteiger partial charge in [0.15, 0.2) is 0 Å². The van der Waals surface area contributed by atoms with Crippen LogP contribution in [-0.4, -0.2) is 26.5 Å². The van der Waals surface area contributed by atoms with Crippen molar-refractivity contribution in [2.24, 2.45) is 0 Å². The van der Waals surface area contributed by atoms with Crippen LogP contribution in [0.3, 0.4) is 0 Å². The van der Waals surface area contributed by atoms with Crippen LogP contribution < -0.4 is 0 Å². The third-order valence-electron chi connectivity index (χ3n) is 2.33. The summed E-state index contributed by atoms with van der Waals surface area (Å²) in [6, 6.07) is 6.78. The fraction of sp³-hybridized carbons (Fsp3) is 0.0833. The first-order valence-corrected chi connectivity index (χ1v) is 6.70. The topological polar surface area (TPSA) is 57.9 Å². The molecule has 2 rings (SSSR count). The van der Waals surface area contributed by atoms with E-state index in [0.717, 1.165) is 0 Å². The van der Waals surface area contributed by atoms with E-state index in [1.165, 1.54) is 6.08 Å². The van der Waals surface area contributed by atoms with Crippen LogP contribution in [0.15, 0.2) is 35.9 Å². The summed E-state index contributed by atoms with van der Waals surface area (Å²) in [5.74, 6) is -0.258. The second-order valence-corrected chi connectivity index (χ2v) is 4.88. The first kappa shape index (κ1) is 10.8. The molecule has 0 saturated heterocycles. The van der Waals surface area contributed by atoms with Crippen molar-refractivity contribution in [2.75, 3.05) is 0 Å². The third kappa shape index (κ3) is 1.83. The van der Waals surface area contributed by atoms with Crippen molar-refractivity contribution in [1.29, 1.82) is 5.26 Å². The van der Waals surface area contributed by atoms with E-state index >= 15 is 0 Å². The number of benzene rings is 1. The molecule has 16 heavy (non-hydrogen) atoms. The second kappa shape index (κ2) is 4.44. The quantitative estimate of drug-likeness (QED) is 0.771. The van der Waals surface area contributed by atoms with E-state index in [9.17, 15) is 9.59 Å². The van der Waals surface area contributed by atoms with Gasteiger partial charge in [-0.3, -0.25) is 0 Å². The molecule has 0 amide bonds. The average Bonchev–Trinajstić information content (AvgIpc) is 2.32. The molecule has 0 N–H and O–H groups in total. The van der Waals surface area contributed by atoms with Gasteiger partial charge in [-0.05, 0) is 0 Å². The Morgan fingerprint density at radius 3 is 2.56 bits per heavy atom. The number of nitriles is 1. The van der Waals surface area contributed by atoms with Crippen LogP contribution in [0, 0.1) is 10.2 Å². The summed E-state index contributed by atoms with van der Waals surface area (Å²) in [5, 5.41) is 8.90. The summed E-state index contributed by atoms with van der Waals surface area (Å²) < 4.78 is 0. The second-order valence-electron chi connectivity index (χ2n) is 3.29. The molecule has 0 radical (unpaired) electrons. The molecule has 78 valence electrons. The Hall–Kier alpha value is -1.69. The van der Waals surface area contributed by atoms with Crippen LogP contribution in [0.2, 0.25) is 5.32 Å². The molecule has 0 unspecified atom stereocenters. The first-order chi connectivity index (χ1) is 7.74. The molecule has 0 spiro atoms. The van der Waals surface area contributed by atoms with Gasteiger partial charge in [0.25, 0.3) is 0 Å². The third-order valence-corrected chi connectivity index (χ3v) is 3.55. The number of hydrogen-bond acceptors (Lipinski definition) is 3. The van der Waals surface area contributed by atoms with Gasteiger partial charge in [0.05, 0.1) is 0 Å². The van der Waals surface area contributed by atoms with Gasteiger partial charge in [0.2, 0.25) is 0 Å². The van der Waals surface area contributed by atoms with Crippen LogP contribution in [0.25, 0.3) is 0 Å². The minimum atomic E-state index is -0.270. The number of nitrogens with zero attached hydrogens (tertiary/aromatic N) is 1. The van der Waals surface area contributed by atoms with E-state index in [1.807, 2.05) is 4.97 Å². The van der Waals surface area contributed by atoms with E-state index < -0.39 is 0 Å². The number of hydrogen-bond donors (Lipinski definition) is 0. The van der Waals surface area contributed by atoms with Crippen molar-refractivity contribution < 1.29 is 9.59 Å².